The van der Waals surface area contributed by atoms with Gasteiger partial charge in [0.05, 0.1) is 11.7 Å². The summed E-state index contributed by atoms with van der Waals surface area (Å²) in [6.45, 7) is 2.91. The molecule has 0 spiro atoms. The first-order valence-electron chi connectivity index (χ1n) is 5.77. The second kappa shape index (κ2) is 5.58. The van der Waals surface area contributed by atoms with Crippen molar-refractivity contribution < 1.29 is 14.3 Å². The topological polar surface area (TPSA) is 73.6 Å². The molecule has 0 saturated heterocycles. The molecule has 0 fully saturated rings. The van der Waals surface area contributed by atoms with Crippen molar-refractivity contribution in [2.75, 3.05) is 18.5 Å². The largest absolute Gasteiger partial charge is 0.486 e. The number of benzene rings is 1. The minimum absolute atomic E-state index is 0.213. The van der Waals surface area contributed by atoms with E-state index in [0.717, 1.165) is 4.47 Å². The highest BCUT2D eigenvalue weighted by Gasteiger charge is 2.17. The van der Waals surface area contributed by atoms with Crippen LogP contribution in [0.15, 0.2) is 16.6 Å². The fourth-order valence-corrected chi connectivity index (χ4v) is 1.99. The fraction of sp³-hybridized carbons (Fsp3) is 0.417. The number of anilines is 1. The van der Waals surface area contributed by atoms with Gasteiger partial charge < -0.3 is 20.5 Å². The lowest BCUT2D eigenvalue weighted by Gasteiger charge is -2.20. The maximum atomic E-state index is 11.7. The van der Waals surface area contributed by atoms with Crippen LogP contribution in [-0.2, 0) is 4.79 Å². The van der Waals surface area contributed by atoms with E-state index in [-0.39, 0.29) is 5.91 Å². The Labute approximate surface area is 114 Å². The molecular weight excluding hydrogens is 300 g/mol. The number of rotatable bonds is 3. The Morgan fingerprint density at radius 3 is 2.67 bits per heavy atom. The lowest BCUT2D eigenvalue weighted by molar-refractivity contribution is -0.117. The Kier molecular flexibility index (Phi) is 4.08. The smallest absolute Gasteiger partial charge is 0.241 e. The summed E-state index contributed by atoms with van der Waals surface area (Å²) in [6, 6.07) is 3.01. The zero-order valence-corrected chi connectivity index (χ0v) is 11.6. The van der Waals surface area contributed by atoms with Gasteiger partial charge in [0, 0.05) is 16.6 Å². The lowest BCUT2D eigenvalue weighted by atomic mass is 10.2. The van der Waals surface area contributed by atoms with E-state index < -0.39 is 6.04 Å². The number of fused-ring (bicyclic) bond motifs is 1. The molecule has 0 saturated carbocycles. The number of amides is 1. The van der Waals surface area contributed by atoms with Gasteiger partial charge in [0.1, 0.15) is 13.2 Å². The number of carbonyl (C=O) groups is 1. The standard InChI is InChI=1S/C12H15BrN2O3/c1-2-8(14)12(16)15-9-6-11-10(5-7(9)13)17-3-4-18-11/h5-6,8H,2-4,14H2,1H3,(H,15,16)/t8-/m0/s1. The quantitative estimate of drug-likeness (QED) is 0.893. The summed E-state index contributed by atoms with van der Waals surface area (Å²) < 4.78 is 11.6. The van der Waals surface area contributed by atoms with Crippen LogP contribution < -0.4 is 20.5 Å². The number of nitrogens with two attached hydrogens (primary N) is 1. The van der Waals surface area contributed by atoms with Gasteiger partial charge in [0.15, 0.2) is 11.5 Å². The molecule has 5 nitrogen and oxygen atoms in total. The van der Waals surface area contributed by atoms with Crippen molar-refractivity contribution in [2.24, 2.45) is 5.73 Å². The predicted octanol–water partition coefficient (Wildman–Crippen LogP) is 1.90. The molecule has 98 valence electrons. The third-order valence-corrected chi connectivity index (χ3v) is 3.32. The highest BCUT2D eigenvalue weighted by atomic mass is 79.9. The summed E-state index contributed by atoms with van der Waals surface area (Å²) in [6.07, 6.45) is 0.591. The minimum Gasteiger partial charge on any atom is -0.486 e. The van der Waals surface area contributed by atoms with Crippen LogP contribution in [0, 0.1) is 0 Å². The van der Waals surface area contributed by atoms with Crippen LogP contribution >= 0.6 is 15.9 Å². The Morgan fingerprint density at radius 2 is 2.06 bits per heavy atom. The van der Waals surface area contributed by atoms with Crippen LogP contribution in [-0.4, -0.2) is 25.2 Å². The first-order valence-corrected chi connectivity index (χ1v) is 6.56. The third kappa shape index (κ3) is 2.76. The van der Waals surface area contributed by atoms with Crippen LogP contribution in [0.3, 0.4) is 0 Å². The number of nitrogens with one attached hydrogen (secondary N) is 1. The van der Waals surface area contributed by atoms with Crippen molar-refractivity contribution in [3.05, 3.63) is 16.6 Å². The predicted molar refractivity (Wildman–Crippen MR) is 72.0 cm³/mol. The zero-order chi connectivity index (χ0) is 13.1. The molecule has 1 heterocycles. The molecule has 3 N–H and O–H groups in total. The van der Waals surface area contributed by atoms with Gasteiger partial charge in [-0.25, -0.2) is 0 Å². The number of halogens is 1. The molecule has 18 heavy (non-hydrogen) atoms. The highest BCUT2D eigenvalue weighted by molar-refractivity contribution is 9.10. The third-order valence-electron chi connectivity index (χ3n) is 2.67. The van der Waals surface area contributed by atoms with Gasteiger partial charge in [-0.2, -0.15) is 0 Å². The molecule has 1 atom stereocenters. The summed E-state index contributed by atoms with van der Waals surface area (Å²) in [5.41, 5.74) is 6.30. The first-order chi connectivity index (χ1) is 8.61. The van der Waals surface area contributed by atoms with Gasteiger partial charge in [-0.15, -0.1) is 0 Å². The molecule has 1 aliphatic rings. The van der Waals surface area contributed by atoms with Crippen molar-refractivity contribution in [2.45, 2.75) is 19.4 Å². The van der Waals surface area contributed by atoms with Gasteiger partial charge >= 0.3 is 0 Å². The van der Waals surface area contributed by atoms with Crippen molar-refractivity contribution in [1.29, 1.82) is 0 Å². The van der Waals surface area contributed by atoms with E-state index >= 15 is 0 Å². The molecular formula is C12H15BrN2O3. The summed E-state index contributed by atoms with van der Waals surface area (Å²) in [7, 11) is 0. The molecule has 1 aromatic carbocycles. The SMILES string of the molecule is CC[C@H](N)C(=O)Nc1cc2c(cc1Br)OCCO2. The van der Waals surface area contributed by atoms with Crippen molar-refractivity contribution >= 4 is 27.5 Å². The van der Waals surface area contributed by atoms with Crippen LogP contribution in [0.5, 0.6) is 11.5 Å². The van der Waals surface area contributed by atoms with E-state index in [1.807, 2.05) is 6.92 Å². The molecule has 0 bridgehead atoms. The molecule has 0 aromatic heterocycles. The maximum absolute atomic E-state index is 11.7. The van der Waals surface area contributed by atoms with Crippen LogP contribution in [0.1, 0.15) is 13.3 Å². The first kappa shape index (κ1) is 13.2. The van der Waals surface area contributed by atoms with E-state index in [2.05, 4.69) is 21.2 Å². The summed E-state index contributed by atoms with van der Waals surface area (Å²) in [5, 5.41) is 2.76. The van der Waals surface area contributed by atoms with Crippen LogP contribution in [0.4, 0.5) is 5.69 Å². The van der Waals surface area contributed by atoms with Gasteiger partial charge in [-0.05, 0) is 22.4 Å². The Bertz CT molecular complexity index is 465. The molecule has 0 radical (unpaired) electrons. The van der Waals surface area contributed by atoms with Gasteiger partial charge in [0.2, 0.25) is 5.91 Å². The monoisotopic (exact) mass is 314 g/mol. The van der Waals surface area contributed by atoms with Gasteiger partial charge in [-0.1, -0.05) is 6.92 Å². The summed E-state index contributed by atoms with van der Waals surface area (Å²) in [4.78, 5) is 11.7. The number of ether oxygens (including phenoxy) is 2. The molecule has 1 aromatic rings. The van der Waals surface area contributed by atoms with Crippen molar-refractivity contribution in [3.8, 4) is 11.5 Å². The Morgan fingerprint density at radius 1 is 1.44 bits per heavy atom. The molecule has 1 amide bonds. The van der Waals surface area contributed by atoms with Crippen LogP contribution in [0.2, 0.25) is 0 Å². The summed E-state index contributed by atoms with van der Waals surface area (Å²) >= 11 is 3.38. The fourth-order valence-electron chi connectivity index (χ4n) is 1.57. The summed E-state index contributed by atoms with van der Waals surface area (Å²) in [5.74, 6) is 1.09. The van der Waals surface area contributed by atoms with E-state index in [4.69, 9.17) is 15.2 Å². The van der Waals surface area contributed by atoms with Crippen molar-refractivity contribution in [1.82, 2.24) is 0 Å². The normalized spacial score (nSPS) is 15.1. The second-order valence-corrected chi connectivity index (χ2v) is 4.83. The number of hydrogen-bond acceptors (Lipinski definition) is 4. The van der Waals surface area contributed by atoms with E-state index in [9.17, 15) is 4.79 Å². The average Bonchev–Trinajstić information content (AvgIpc) is 2.38. The number of hydrogen-bond donors (Lipinski definition) is 2. The average molecular weight is 315 g/mol. The maximum Gasteiger partial charge on any atom is 0.241 e. The lowest BCUT2D eigenvalue weighted by Crippen LogP contribution is -2.34. The second-order valence-electron chi connectivity index (χ2n) is 3.98. The Hall–Kier alpha value is -1.27. The molecule has 6 heteroatoms. The van der Waals surface area contributed by atoms with Gasteiger partial charge in [0.25, 0.3) is 0 Å². The van der Waals surface area contributed by atoms with Gasteiger partial charge in [-0.3, -0.25) is 4.79 Å². The Balaban J connectivity index is 2.20. The van der Waals surface area contributed by atoms with E-state index in [1.165, 1.54) is 0 Å². The van der Waals surface area contributed by atoms with Crippen LogP contribution in [0.25, 0.3) is 0 Å². The molecule has 2 rings (SSSR count). The highest BCUT2D eigenvalue weighted by Crippen LogP contribution is 2.38. The zero-order valence-electron chi connectivity index (χ0n) is 10.0. The van der Waals surface area contributed by atoms with E-state index in [0.29, 0.717) is 36.8 Å². The molecule has 0 aliphatic carbocycles. The van der Waals surface area contributed by atoms with Crippen molar-refractivity contribution in [3.63, 3.8) is 0 Å². The molecule has 1 aliphatic heterocycles. The minimum atomic E-state index is -0.509. The molecule has 0 unspecified atom stereocenters. The van der Waals surface area contributed by atoms with E-state index in [1.54, 1.807) is 12.1 Å². The number of carbonyl (C=O) groups excluding carboxylic acids is 1.